The Labute approximate surface area is 200 Å². The quantitative estimate of drug-likeness (QED) is 0.495. The largest absolute Gasteiger partial charge is 0.493 e. The van der Waals surface area contributed by atoms with E-state index in [0.717, 1.165) is 28.2 Å². The highest BCUT2D eigenvalue weighted by Crippen LogP contribution is 2.33. The van der Waals surface area contributed by atoms with E-state index < -0.39 is 0 Å². The minimum Gasteiger partial charge on any atom is -0.493 e. The summed E-state index contributed by atoms with van der Waals surface area (Å²) in [4.78, 5) is 21.6. The number of ether oxygens (including phenoxy) is 3. The van der Waals surface area contributed by atoms with Crippen LogP contribution in [0.2, 0.25) is 0 Å². The summed E-state index contributed by atoms with van der Waals surface area (Å²) < 4.78 is 16.3. The zero-order valence-corrected chi connectivity index (χ0v) is 19.7. The van der Waals surface area contributed by atoms with Crippen LogP contribution in [0, 0.1) is 0 Å². The van der Waals surface area contributed by atoms with Crippen LogP contribution in [0.25, 0.3) is 5.57 Å². The molecule has 1 aromatic heterocycles. The first-order valence-electron chi connectivity index (χ1n) is 11.2. The molecule has 1 aliphatic rings. The second-order valence-corrected chi connectivity index (χ2v) is 7.87. The van der Waals surface area contributed by atoms with Crippen molar-refractivity contribution in [1.82, 2.24) is 9.88 Å². The first-order valence-corrected chi connectivity index (χ1v) is 11.2. The van der Waals surface area contributed by atoms with E-state index in [-0.39, 0.29) is 5.91 Å². The molecule has 1 saturated heterocycles. The number of amides is 1. The van der Waals surface area contributed by atoms with Crippen molar-refractivity contribution in [2.45, 2.75) is 0 Å². The van der Waals surface area contributed by atoms with Gasteiger partial charge in [0.1, 0.15) is 5.82 Å². The van der Waals surface area contributed by atoms with Crippen LogP contribution in [0.5, 0.6) is 11.5 Å². The van der Waals surface area contributed by atoms with Gasteiger partial charge in [-0.25, -0.2) is 4.98 Å². The molecule has 0 N–H and O–H groups in total. The van der Waals surface area contributed by atoms with Gasteiger partial charge in [0.15, 0.2) is 11.5 Å². The van der Waals surface area contributed by atoms with Crippen molar-refractivity contribution in [2.75, 3.05) is 52.5 Å². The molecule has 1 amide bonds. The van der Waals surface area contributed by atoms with Crippen molar-refractivity contribution >= 4 is 23.0 Å². The summed E-state index contributed by atoms with van der Waals surface area (Å²) in [5, 5.41) is 0. The highest BCUT2D eigenvalue weighted by atomic mass is 16.5. The van der Waals surface area contributed by atoms with Crippen molar-refractivity contribution in [1.29, 1.82) is 0 Å². The Morgan fingerprint density at radius 2 is 1.68 bits per heavy atom. The molecule has 0 radical (unpaired) electrons. The molecular weight excluding hydrogens is 430 g/mol. The van der Waals surface area contributed by atoms with Gasteiger partial charge in [-0.1, -0.05) is 24.3 Å². The van der Waals surface area contributed by atoms with Crippen LogP contribution in [0.3, 0.4) is 0 Å². The number of rotatable bonds is 7. The number of pyridine rings is 1. The van der Waals surface area contributed by atoms with Gasteiger partial charge in [-0.05, 0) is 47.5 Å². The number of nitrogens with zero attached hydrogens (tertiary/aromatic N) is 3. The van der Waals surface area contributed by atoms with Crippen LogP contribution in [0.1, 0.15) is 11.1 Å². The molecule has 34 heavy (non-hydrogen) atoms. The van der Waals surface area contributed by atoms with Gasteiger partial charge in [-0.2, -0.15) is 0 Å². The average Bonchev–Trinajstić information content (AvgIpc) is 2.92. The second-order valence-electron chi connectivity index (χ2n) is 7.87. The number of methoxy groups -OCH3 is 2. The van der Waals surface area contributed by atoms with Crippen LogP contribution in [-0.2, 0) is 9.53 Å². The molecule has 1 fully saturated rings. The number of morpholine rings is 1. The molecule has 2 aromatic carbocycles. The van der Waals surface area contributed by atoms with Crippen molar-refractivity contribution < 1.29 is 19.0 Å². The zero-order chi connectivity index (χ0) is 23.9. The number of aromatic nitrogens is 1. The maximum atomic E-state index is 13.1. The normalized spacial score (nSPS) is 14.0. The summed E-state index contributed by atoms with van der Waals surface area (Å²) in [6, 6.07) is 19.6. The van der Waals surface area contributed by atoms with Crippen LogP contribution >= 0.6 is 0 Å². The third-order valence-electron chi connectivity index (χ3n) is 5.83. The van der Waals surface area contributed by atoms with Gasteiger partial charge >= 0.3 is 0 Å². The Balaban J connectivity index is 1.70. The smallest absolute Gasteiger partial charge is 0.247 e. The lowest BCUT2D eigenvalue weighted by Gasteiger charge is -2.26. The van der Waals surface area contributed by atoms with Gasteiger partial charge in [0.05, 0.1) is 27.4 Å². The molecule has 0 atom stereocenters. The van der Waals surface area contributed by atoms with E-state index in [1.54, 1.807) is 31.4 Å². The molecule has 0 aliphatic carbocycles. The standard InChI is InChI=1S/C27H29N3O4/c1-29(22-7-5-4-6-8-22)26-12-10-21(19-28-26)23(18-27(31)30-13-15-34-16-14-30)20-9-11-24(32-2)25(17-20)33-3/h4-12,17-19H,13-16H2,1-3H3. The fourth-order valence-electron chi connectivity index (χ4n) is 3.86. The van der Waals surface area contributed by atoms with Crippen LogP contribution in [0.4, 0.5) is 11.5 Å². The number of hydrogen-bond donors (Lipinski definition) is 0. The van der Waals surface area contributed by atoms with Crippen molar-refractivity contribution in [3.8, 4) is 11.5 Å². The number of carbonyl (C=O) groups is 1. The first-order chi connectivity index (χ1) is 16.6. The molecular formula is C27H29N3O4. The molecule has 3 aromatic rings. The van der Waals surface area contributed by atoms with Gasteiger partial charge < -0.3 is 24.0 Å². The number of anilines is 2. The SMILES string of the molecule is COc1ccc(C(=CC(=O)N2CCOCC2)c2ccc(N(C)c3ccccc3)nc2)cc1OC. The summed E-state index contributed by atoms with van der Waals surface area (Å²) in [6.45, 7) is 2.25. The fraction of sp³-hybridized carbons (Fsp3) is 0.259. The summed E-state index contributed by atoms with van der Waals surface area (Å²) in [5.41, 5.74) is 3.48. The number of para-hydroxylation sites is 1. The number of carbonyl (C=O) groups excluding carboxylic acids is 1. The summed E-state index contributed by atoms with van der Waals surface area (Å²) >= 11 is 0. The van der Waals surface area contributed by atoms with Crippen molar-refractivity contribution in [3.63, 3.8) is 0 Å². The lowest BCUT2D eigenvalue weighted by atomic mass is 9.98. The topological polar surface area (TPSA) is 64.1 Å². The highest BCUT2D eigenvalue weighted by Gasteiger charge is 2.18. The van der Waals surface area contributed by atoms with E-state index in [9.17, 15) is 4.79 Å². The molecule has 1 aliphatic heterocycles. The van der Waals surface area contributed by atoms with E-state index in [1.165, 1.54) is 0 Å². The molecule has 0 unspecified atom stereocenters. The van der Waals surface area contributed by atoms with Crippen LogP contribution in [-0.4, -0.2) is 63.4 Å². The number of benzene rings is 2. The Morgan fingerprint density at radius 3 is 2.32 bits per heavy atom. The van der Waals surface area contributed by atoms with E-state index in [2.05, 4.69) is 4.98 Å². The Bertz CT molecular complexity index is 1140. The molecule has 7 heteroatoms. The molecule has 176 valence electrons. The average molecular weight is 460 g/mol. The van der Waals surface area contributed by atoms with Crippen molar-refractivity contribution in [2.24, 2.45) is 0 Å². The van der Waals surface area contributed by atoms with Gasteiger partial charge in [-0.3, -0.25) is 4.79 Å². The van der Waals surface area contributed by atoms with Crippen LogP contribution in [0.15, 0.2) is 72.9 Å². The minimum absolute atomic E-state index is 0.0569. The molecule has 0 saturated carbocycles. The van der Waals surface area contributed by atoms with Gasteiger partial charge in [-0.15, -0.1) is 0 Å². The highest BCUT2D eigenvalue weighted by molar-refractivity contribution is 5.99. The lowest BCUT2D eigenvalue weighted by Crippen LogP contribution is -2.39. The van der Waals surface area contributed by atoms with Gasteiger partial charge in [0, 0.05) is 43.7 Å². The third kappa shape index (κ3) is 5.21. The van der Waals surface area contributed by atoms with Crippen molar-refractivity contribution in [3.05, 3.63) is 84.1 Å². The van der Waals surface area contributed by atoms with E-state index in [4.69, 9.17) is 14.2 Å². The summed E-state index contributed by atoms with van der Waals surface area (Å²) in [7, 11) is 5.17. The molecule has 0 bridgehead atoms. The predicted octanol–water partition coefficient (Wildman–Crippen LogP) is 4.16. The monoisotopic (exact) mass is 459 g/mol. The van der Waals surface area contributed by atoms with E-state index >= 15 is 0 Å². The summed E-state index contributed by atoms with van der Waals surface area (Å²) in [6.07, 6.45) is 3.47. The maximum Gasteiger partial charge on any atom is 0.247 e. The third-order valence-corrected chi connectivity index (χ3v) is 5.83. The Kier molecular flexibility index (Phi) is 7.44. The zero-order valence-electron chi connectivity index (χ0n) is 19.7. The molecule has 7 nitrogen and oxygen atoms in total. The fourth-order valence-corrected chi connectivity index (χ4v) is 3.86. The van der Waals surface area contributed by atoms with E-state index in [1.807, 2.05) is 72.6 Å². The lowest BCUT2D eigenvalue weighted by molar-refractivity contribution is -0.129. The summed E-state index contributed by atoms with van der Waals surface area (Å²) in [5.74, 6) is 1.97. The number of hydrogen-bond acceptors (Lipinski definition) is 6. The molecule has 2 heterocycles. The van der Waals surface area contributed by atoms with Gasteiger partial charge in [0.2, 0.25) is 5.91 Å². The maximum absolute atomic E-state index is 13.1. The predicted molar refractivity (Wildman–Crippen MR) is 133 cm³/mol. The Hall–Kier alpha value is -3.84. The minimum atomic E-state index is -0.0569. The molecule has 0 spiro atoms. The molecule has 4 rings (SSSR count). The van der Waals surface area contributed by atoms with Crippen LogP contribution < -0.4 is 14.4 Å². The van der Waals surface area contributed by atoms with E-state index in [0.29, 0.717) is 37.8 Å². The Morgan fingerprint density at radius 1 is 0.971 bits per heavy atom. The first kappa shape index (κ1) is 23.3. The van der Waals surface area contributed by atoms with Gasteiger partial charge in [0.25, 0.3) is 0 Å². The second kappa shape index (κ2) is 10.9.